The van der Waals surface area contributed by atoms with Crippen molar-refractivity contribution >= 4 is 65.6 Å². The molecule has 0 saturated carbocycles. The smallest absolute Gasteiger partial charge is 0.143 e. The molecule has 2 nitrogen and oxygen atoms in total. The van der Waals surface area contributed by atoms with E-state index in [0.29, 0.717) is 5.92 Å². The van der Waals surface area contributed by atoms with Gasteiger partial charge in [0.1, 0.15) is 11.2 Å². The largest absolute Gasteiger partial charge is 0.455 e. The molecule has 0 spiro atoms. The van der Waals surface area contributed by atoms with Crippen LogP contribution in [0, 0.1) is 0 Å². The molecule has 1 aliphatic carbocycles. The molecule has 2 heterocycles. The Balaban J connectivity index is 0.977. The van der Waals surface area contributed by atoms with Gasteiger partial charge < -0.3 is 9.32 Å². The van der Waals surface area contributed by atoms with E-state index < -0.39 is 0 Å². The number of nitrogens with zero attached hydrogens (tertiary/aromatic N) is 1. The van der Waals surface area contributed by atoms with E-state index in [1.165, 1.54) is 77.3 Å². The van der Waals surface area contributed by atoms with E-state index in [2.05, 4.69) is 205 Å². The molecule has 9 aromatic carbocycles. The highest BCUT2D eigenvalue weighted by molar-refractivity contribution is 6.23. The minimum Gasteiger partial charge on any atom is -0.455 e. The third kappa shape index (κ3) is 4.63. The molecule has 2 atom stereocenters. The van der Waals surface area contributed by atoms with Gasteiger partial charge in [0.15, 0.2) is 0 Å². The maximum Gasteiger partial charge on any atom is 0.143 e. The maximum atomic E-state index is 6.51. The van der Waals surface area contributed by atoms with E-state index in [-0.39, 0.29) is 6.04 Å². The predicted molar refractivity (Wildman–Crippen MR) is 236 cm³/mol. The van der Waals surface area contributed by atoms with Crippen molar-refractivity contribution in [1.29, 1.82) is 0 Å². The summed E-state index contributed by atoms with van der Waals surface area (Å²) < 4.78 is 6.51. The van der Waals surface area contributed by atoms with Crippen LogP contribution in [-0.4, -0.2) is 6.04 Å². The van der Waals surface area contributed by atoms with E-state index in [1.54, 1.807) is 0 Å². The zero-order valence-corrected chi connectivity index (χ0v) is 30.6. The molecule has 2 heteroatoms. The van der Waals surface area contributed by atoms with Gasteiger partial charge >= 0.3 is 0 Å². The van der Waals surface area contributed by atoms with Gasteiger partial charge in [0.05, 0.1) is 6.04 Å². The number of rotatable bonds is 4. The van der Waals surface area contributed by atoms with Gasteiger partial charge in [-0.2, -0.15) is 0 Å². The monoisotopic (exact) mass is 713 g/mol. The normalized spacial score (nSPS) is 16.0. The molecule has 0 fully saturated rings. The first-order chi connectivity index (χ1) is 27.8. The second kappa shape index (κ2) is 12.2. The van der Waals surface area contributed by atoms with Gasteiger partial charge in [-0.15, -0.1) is 0 Å². The van der Waals surface area contributed by atoms with Crippen LogP contribution < -0.4 is 4.90 Å². The molecule has 1 aromatic heterocycles. The van der Waals surface area contributed by atoms with Crippen LogP contribution in [0.25, 0.3) is 87.6 Å². The molecule has 0 saturated heterocycles. The number of para-hydroxylation sites is 1. The van der Waals surface area contributed by atoms with Crippen LogP contribution in [0.5, 0.6) is 0 Å². The van der Waals surface area contributed by atoms with Crippen LogP contribution in [0.15, 0.2) is 205 Å². The topological polar surface area (TPSA) is 16.4 Å². The Morgan fingerprint density at radius 1 is 0.411 bits per heavy atom. The Morgan fingerprint density at radius 2 is 1.02 bits per heavy atom. The molecule has 56 heavy (non-hydrogen) atoms. The third-order valence-electron chi connectivity index (χ3n) is 12.2. The van der Waals surface area contributed by atoms with Gasteiger partial charge in [-0.3, -0.25) is 0 Å². The molecule has 0 bridgehead atoms. The Kier molecular flexibility index (Phi) is 6.79. The number of anilines is 2. The molecule has 2 aliphatic rings. The quantitative estimate of drug-likeness (QED) is 0.169. The zero-order chi connectivity index (χ0) is 36.7. The summed E-state index contributed by atoms with van der Waals surface area (Å²) in [6.07, 6.45) is 9.08. The van der Waals surface area contributed by atoms with Gasteiger partial charge in [-0.1, -0.05) is 158 Å². The minimum atomic E-state index is 0.279. The van der Waals surface area contributed by atoms with E-state index in [9.17, 15) is 0 Å². The molecular weight excluding hydrogens is 679 g/mol. The second-order valence-corrected chi connectivity index (χ2v) is 15.2. The summed E-state index contributed by atoms with van der Waals surface area (Å²) in [6.45, 7) is 0. The summed E-state index contributed by atoms with van der Waals surface area (Å²) in [5, 5.41) is 9.61. The molecule has 0 amide bonds. The summed E-state index contributed by atoms with van der Waals surface area (Å²) in [5.41, 5.74) is 13.1. The average molecular weight is 714 g/mol. The summed E-state index contributed by atoms with van der Waals surface area (Å²) in [4.78, 5) is 2.49. The molecule has 0 radical (unpaired) electrons. The first-order valence-corrected chi connectivity index (χ1v) is 19.5. The highest BCUT2D eigenvalue weighted by atomic mass is 16.3. The van der Waals surface area contributed by atoms with Crippen molar-refractivity contribution < 1.29 is 4.42 Å². The van der Waals surface area contributed by atoms with Crippen molar-refractivity contribution in [2.45, 2.75) is 12.0 Å². The number of furan rings is 1. The first kappa shape index (κ1) is 31.2. The van der Waals surface area contributed by atoms with Crippen molar-refractivity contribution in [1.82, 2.24) is 0 Å². The van der Waals surface area contributed by atoms with Gasteiger partial charge in [0.2, 0.25) is 0 Å². The predicted octanol–water partition coefficient (Wildman–Crippen LogP) is 14.8. The fraction of sp³-hybridized carbons (Fsp3) is 0.0370. The van der Waals surface area contributed by atoms with Crippen molar-refractivity contribution in [2.75, 3.05) is 4.90 Å². The molecule has 12 rings (SSSR count). The van der Waals surface area contributed by atoms with Gasteiger partial charge in [-0.25, -0.2) is 0 Å². The molecule has 1 aliphatic heterocycles. The number of fused-ring (bicyclic) bond motifs is 10. The molecular formula is C54H35NO. The fourth-order valence-electron chi connectivity index (χ4n) is 9.65. The van der Waals surface area contributed by atoms with Gasteiger partial charge in [0.25, 0.3) is 0 Å². The first-order valence-electron chi connectivity index (χ1n) is 19.5. The number of hydrogen-bond donors (Lipinski definition) is 0. The summed E-state index contributed by atoms with van der Waals surface area (Å²) >= 11 is 0. The Bertz CT molecular complexity index is 3200. The standard InChI is InChI=1S/C54H35NO/c1-2-13-39(14-3-1)55-49-21-11-10-16-41(49)47-32-37(27-30-50(47)55)34-22-24-36(25-23-34)52-42-17-6-8-19-44(42)53(45-20-9-7-18-43(45)52)38-28-31-51-48(33-38)46-29-26-35-12-4-5-15-40(35)54(46)56-51/h1-33,41,49H. The maximum absolute atomic E-state index is 6.51. The fourth-order valence-corrected chi connectivity index (χ4v) is 9.65. The highest BCUT2D eigenvalue weighted by Gasteiger charge is 2.37. The van der Waals surface area contributed by atoms with Crippen LogP contribution in [0.3, 0.4) is 0 Å². The van der Waals surface area contributed by atoms with Crippen LogP contribution in [0.1, 0.15) is 11.5 Å². The third-order valence-corrected chi connectivity index (χ3v) is 12.2. The van der Waals surface area contributed by atoms with E-state index in [4.69, 9.17) is 4.42 Å². The number of benzene rings is 9. The van der Waals surface area contributed by atoms with E-state index in [0.717, 1.165) is 27.3 Å². The summed E-state index contributed by atoms with van der Waals surface area (Å²) in [6, 6.07) is 64.7. The highest BCUT2D eigenvalue weighted by Crippen LogP contribution is 2.49. The SMILES string of the molecule is C1=CC2c3cc(-c4ccc(-c5c6ccccc6c(-c6ccc7oc8c9ccccc9ccc8c7c6)c6ccccc56)cc4)ccc3N(c3ccccc3)C2C=C1. The van der Waals surface area contributed by atoms with Gasteiger partial charge in [0, 0.05) is 33.5 Å². The molecule has 2 unspecified atom stereocenters. The Labute approximate surface area is 324 Å². The van der Waals surface area contributed by atoms with Crippen molar-refractivity contribution in [2.24, 2.45) is 0 Å². The van der Waals surface area contributed by atoms with Crippen molar-refractivity contribution in [3.63, 3.8) is 0 Å². The van der Waals surface area contributed by atoms with Crippen LogP contribution >= 0.6 is 0 Å². The minimum absolute atomic E-state index is 0.279. The van der Waals surface area contributed by atoms with Gasteiger partial charge in [-0.05, 0) is 108 Å². The lowest BCUT2D eigenvalue weighted by Gasteiger charge is -2.28. The molecule has 10 aromatic rings. The Morgan fingerprint density at radius 3 is 1.77 bits per heavy atom. The lowest BCUT2D eigenvalue weighted by molar-refractivity contribution is 0.672. The number of hydrogen-bond acceptors (Lipinski definition) is 2. The van der Waals surface area contributed by atoms with Crippen LogP contribution in [0.4, 0.5) is 11.4 Å². The zero-order valence-electron chi connectivity index (χ0n) is 30.6. The molecule has 262 valence electrons. The number of allylic oxidation sites excluding steroid dienone is 2. The lowest BCUT2D eigenvalue weighted by atomic mass is 9.85. The van der Waals surface area contributed by atoms with E-state index in [1.807, 2.05) is 0 Å². The second-order valence-electron chi connectivity index (χ2n) is 15.2. The van der Waals surface area contributed by atoms with Crippen molar-refractivity contribution in [3.05, 3.63) is 206 Å². The Hall–Kier alpha value is -7.16. The summed E-state index contributed by atoms with van der Waals surface area (Å²) in [5.74, 6) is 0.318. The molecule has 0 N–H and O–H groups in total. The lowest BCUT2D eigenvalue weighted by Crippen LogP contribution is -2.28. The van der Waals surface area contributed by atoms with Crippen LogP contribution in [-0.2, 0) is 0 Å². The summed E-state index contributed by atoms with van der Waals surface area (Å²) in [7, 11) is 0. The van der Waals surface area contributed by atoms with Crippen molar-refractivity contribution in [3.8, 4) is 33.4 Å². The average Bonchev–Trinajstić information content (AvgIpc) is 3.81. The van der Waals surface area contributed by atoms with Crippen LogP contribution in [0.2, 0.25) is 0 Å². The van der Waals surface area contributed by atoms with E-state index >= 15 is 0 Å².